The summed E-state index contributed by atoms with van der Waals surface area (Å²) in [5.74, 6) is -1.10. The summed E-state index contributed by atoms with van der Waals surface area (Å²) in [5, 5.41) is 9.39. The molecule has 1 N–H and O–H groups in total. The first-order chi connectivity index (χ1) is 7.25. The smallest absolute Gasteiger partial charge is 0.281 e. The highest BCUT2D eigenvalue weighted by Crippen LogP contribution is 2.25. The third-order valence-corrected chi connectivity index (χ3v) is 4.45. The third-order valence-electron chi connectivity index (χ3n) is 2.57. The monoisotopic (exact) mass is 258 g/mol. The lowest BCUT2D eigenvalue weighted by molar-refractivity contribution is -0.00357. The summed E-state index contributed by atoms with van der Waals surface area (Å²) in [6.45, 7) is -0.362. The highest BCUT2D eigenvalue weighted by Gasteiger charge is 2.37. The lowest BCUT2D eigenvalue weighted by Crippen LogP contribution is -2.51. The quantitative estimate of drug-likeness (QED) is 0.759. The molecule has 16 heavy (non-hydrogen) atoms. The largest absolute Gasteiger partial charge is 0.392 e. The van der Waals surface area contributed by atoms with E-state index in [1.54, 1.807) is 0 Å². The van der Waals surface area contributed by atoms with Crippen LogP contribution in [-0.4, -0.2) is 61.8 Å². The zero-order chi connectivity index (χ0) is 12.5. The van der Waals surface area contributed by atoms with Crippen LogP contribution in [0.4, 0.5) is 8.78 Å². The van der Waals surface area contributed by atoms with Crippen LogP contribution in [0.5, 0.6) is 0 Å². The molecular weight excluding hydrogens is 242 g/mol. The maximum atomic E-state index is 12.5. The number of β-amino-alcohol motifs (C(OH)–C–C–N with tert-alkyl or cyclic N) is 1. The van der Waals surface area contributed by atoms with Crippen LogP contribution in [0.15, 0.2) is 0 Å². The lowest BCUT2D eigenvalue weighted by Gasteiger charge is -2.35. The van der Waals surface area contributed by atoms with Gasteiger partial charge in [0.25, 0.3) is 10.2 Å². The average Bonchev–Trinajstić information content (AvgIpc) is 2.16. The van der Waals surface area contributed by atoms with E-state index in [2.05, 4.69) is 0 Å². The van der Waals surface area contributed by atoms with Crippen molar-refractivity contribution >= 4 is 10.2 Å². The first-order valence-corrected chi connectivity index (χ1v) is 6.28. The summed E-state index contributed by atoms with van der Waals surface area (Å²) < 4.78 is 50.3. The van der Waals surface area contributed by atoms with E-state index < -0.39 is 28.7 Å². The molecule has 1 aliphatic rings. The minimum Gasteiger partial charge on any atom is -0.392 e. The first-order valence-electron chi connectivity index (χ1n) is 4.89. The first kappa shape index (κ1) is 13.8. The molecule has 1 fully saturated rings. The molecule has 2 atom stereocenters. The number of aliphatic hydroxyl groups is 1. The van der Waals surface area contributed by atoms with E-state index >= 15 is 0 Å². The Kier molecular flexibility index (Phi) is 4.22. The number of nitrogens with zero attached hydrogens (tertiary/aromatic N) is 2. The summed E-state index contributed by atoms with van der Waals surface area (Å²) in [5.41, 5.74) is 0. The van der Waals surface area contributed by atoms with Gasteiger partial charge in [-0.25, -0.2) is 8.78 Å². The van der Waals surface area contributed by atoms with E-state index in [9.17, 15) is 22.3 Å². The van der Waals surface area contributed by atoms with E-state index in [1.807, 2.05) is 0 Å². The summed E-state index contributed by atoms with van der Waals surface area (Å²) in [7, 11) is -1.07. The van der Waals surface area contributed by atoms with Crippen molar-refractivity contribution in [1.82, 2.24) is 8.61 Å². The molecule has 8 heteroatoms. The molecule has 0 spiro atoms. The van der Waals surface area contributed by atoms with E-state index in [-0.39, 0.29) is 19.5 Å². The Hall–Kier alpha value is -0.310. The molecule has 96 valence electrons. The molecule has 5 nitrogen and oxygen atoms in total. The van der Waals surface area contributed by atoms with E-state index in [4.69, 9.17) is 0 Å². The molecule has 0 aromatic carbocycles. The predicted molar refractivity (Wildman–Crippen MR) is 54.3 cm³/mol. The Bertz CT molecular complexity index is 334. The Morgan fingerprint density at radius 1 is 1.38 bits per heavy atom. The van der Waals surface area contributed by atoms with Gasteiger partial charge in [0.2, 0.25) is 6.43 Å². The van der Waals surface area contributed by atoms with Crippen LogP contribution in [-0.2, 0) is 10.2 Å². The Morgan fingerprint density at radius 3 is 2.38 bits per heavy atom. The molecule has 0 unspecified atom stereocenters. The maximum absolute atomic E-state index is 12.5. The van der Waals surface area contributed by atoms with Gasteiger partial charge in [0.15, 0.2) is 0 Å². The van der Waals surface area contributed by atoms with E-state index in [0.29, 0.717) is 0 Å². The maximum Gasteiger partial charge on any atom is 0.281 e. The number of halogens is 2. The molecule has 0 amide bonds. The van der Waals surface area contributed by atoms with Gasteiger partial charge in [-0.3, -0.25) is 0 Å². The fourth-order valence-electron chi connectivity index (χ4n) is 1.67. The second-order valence-electron chi connectivity index (χ2n) is 4.09. The normalized spacial score (nSPS) is 28.9. The highest BCUT2D eigenvalue weighted by atomic mass is 32.2. The summed E-state index contributed by atoms with van der Waals surface area (Å²) in [4.78, 5) is 0. The van der Waals surface area contributed by atoms with E-state index in [0.717, 1.165) is 8.61 Å². The molecule has 0 aromatic rings. The Morgan fingerprint density at radius 2 is 1.94 bits per heavy atom. The highest BCUT2D eigenvalue weighted by molar-refractivity contribution is 7.86. The molecule has 1 rings (SSSR count). The van der Waals surface area contributed by atoms with Crippen LogP contribution in [0.2, 0.25) is 0 Å². The van der Waals surface area contributed by atoms with Gasteiger partial charge in [-0.2, -0.15) is 17.0 Å². The van der Waals surface area contributed by atoms with Gasteiger partial charge in [-0.05, 0) is 6.42 Å². The number of piperidine rings is 1. The molecule has 0 radical (unpaired) electrons. The Labute approximate surface area is 93.8 Å². The summed E-state index contributed by atoms with van der Waals surface area (Å²) >= 11 is 0. The van der Waals surface area contributed by atoms with Crippen molar-refractivity contribution in [2.75, 3.05) is 27.2 Å². The molecule has 1 heterocycles. The van der Waals surface area contributed by atoms with E-state index in [1.165, 1.54) is 14.1 Å². The molecule has 0 saturated carbocycles. The Balaban J connectivity index is 2.83. The molecule has 0 aliphatic carbocycles. The summed E-state index contributed by atoms with van der Waals surface area (Å²) in [6, 6.07) is 0. The molecular formula is C8H16F2N2O3S. The summed E-state index contributed by atoms with van der Waals surface area (Å²) in [6.07, 6.45) is -3.70. The molecule has 0 aromatic heterocycles. The van der Waals surface area contributed by atoms with Crippen molar-refractivity contribution in [3.63, 3.8) is 0 Å². The second-order valence-corrected chi connectivity index (χ2v) is 6.23. The van der Waals surface area contributed by atoms with Crippen LogP contribution in [0.1, 0.15) is 6.42 Å². The molecule has 1 saturated heterocycles. The van der Waals surface area contributed by atoms with Crippen LogP contribution >= 0.6 is 0 Å². The minimum atomic E-state index is -3.73. The van der Waals surface area contributed by atoms with Crippen molar-refractivity contribution in [2.24, 2.45) is 5.92 Å². The number of hydrogen-bond donors (Lipinski definition) is 1. The number of hydrogen-bond acceptors (Lipinski definition) is 3. The molecule has 0 bridgehead atoms. The fraction of sp³-hybridized carbons (Fsp3) is 1.00. The zero-order valence-electron chi connectivity index (χ0n) is 9.18. The van der Waals surface area contributed by atoms with Crippen LogP contribution < -0.4 is 0 Å². The number of rotatable bonds is 3. The van der Waals surface area contributed by atoms with Gasteiger partial charge >= 0.3 is 0 Å². The standard InChI is InChI=1S/C8H16F2N2O3S/c1-11(2)16(14,15)12-4-6(8(9)10)3-7(13)5-12/h6-8,13H,3-5H2,1-2H3/t6-,7+/m1/s1. The second kappa shape index (κ2) is 4.91. The van der Waals surface area contributed by atoms with Crippen LogP contribution in [0.25, 0.3) is 0 Å². The van der Waals surface area contributed by atoms with Gasteiger partial charge in [0, 0.05) is 33.1 Å². The number of aliphatic hydroxyl groups excluding tert-OH is 1. The third kappa shape index (κ3) is 2.88. The van der Waals surface area contributed by atoms with Crippen LogP contribution in [0.3, 0.4) is 0 Å². The van der Waals surface area contributed by atoms with Gasteiger partial charge in [0.05, 0.1) is 6.10 Å². The molecule has 1 aliphatic heterocycles. The van der Waals surface area contributed by atoms with Gasteiger partial charge in [0.1, 0.15) is 0 Å². The van der Waals surface area contributed by atoms with Crippen molar-refractivity contribution in [3.8, 4) is 0 Å². The van der Waals surface area contributed by atoms with Crippen molar-refractivity contribution in [1.29, 1.82) is 0 Å². The zero-order valence-corrected chi connectivity index (χ0v) is 9.99. The number of alkyl halides is 2. The minimum absolute atomic E-state index is 0.0584. The van der Waals surface area contributed by atoms with Gasteiger partial charge in [-0.15, -0.1) is 0 Å². The SMILES string of the molecule is CN(C)S(=O)(=O)N1C[C@@H](O)C[C@@H](C(F)F)C1. The fourth-order valence-corrected chi connectivity index (χ4v) is 2.87. The van der Waals surface area contributed by atoms with Gasteiger partial charge in [-0.1, -0.05) is 0 Å². The predicted octanol–water partition coefficient (Wildman–Crippen LogP) is -0.259. The van der Waals surface area contributed by atoms with Gasteiger partial charge < -0.3 is 5.11 Å². The van der Waals surface area contributed by atoms with Crippen molar-refractivity contribution < 1.29 is 22.3 Å². The lowest BCUT2D eigenvalue weighted by atomic mass is 9.98. The topological polar surface area (TPSA) is 60.9 Å². The average molecular weight is 258 g/mol. The van der Waals surface area contributed by atoms with Crippen molar-refractivity contribution in [2.45, 2.75) is 19.0 Å². The van der Waals surface area contributed by atoms with Crippen LogP contribution in [0, 0.1) is 5.92 Å². The van der Waals surface area contributed by atoms with Crippen molar-refractivity contribution in [3.05, 3.63) is 0 Å².